The highest BCUT2D eigenvalue weighted by Crippen LogP contribution is 2.25. The van der Waals surface area contributed by atoms with E-state index in [1.54, 1.807) is 0 Å². The van der Waals surface area contributed by atoms with Crippen LogP contribution in [0.1, 0.15) is 35.2 Å². The number of pyridine rings is 1. The molecule has 2 nitrogen and oxygen atoms in total. The first-order valence-corrected chi connectivity index (χ1v) is 5.36. The summed E-state index contributed by atoms with van der Waals surface area (Å²) >= 11 is 5.74. The van der Waals surface area contributed by atoms with E-state index in [-0.39, 0.29) is 0 Å². The number of fused-ring (bicyclic) bond motifs is 1. The van der Waals surface area contributed by atoms with Crippen molar-refractivity contribution in [2.75, 3.05) is 0 Å². The Labute approximate surface area is 88.5 Å². The lowest BCUT2D eigenvalue weighted by Gasteiger charge is -2.17. The summed E-state index contributed by atoms with van der Waals surface area (Å²) < 4.78 is 0. The summed E-state index contributed by atoms with van der Waals surface area (Å²) in [6.45, 7) is 0. The maximum absolute atomic E-state index is 9.06. The van der Waals surface area contributed by atoms with Crippen LogP contribution in [0.15, 0.2) is 6.20 Å². The fourth-order valence-electron chi connectivity index (χ4n) is 1.98. The van der Waals surface area contributed by atoms with E-state index in [0.29, 0.717) is 5.88 Å². The number of alkyl halides is 1. The van der Waals surface area contributed by atoms with E-state index in [0.717, 1.165) is 24.1 Å². The average molecular weight is 207 g/mol. The van der Waals surface area contributed by atoms with Gasteiger partial charge in [0.25, 0.3) is 0 Å². The van der Waals surface area contributed by atoms with Crippen LogP contribution in [0, 0.1) is 11.3 Å². The Bertz CT molecular complexity index is 393. The van der Waals surface area contributed by atoms with Gasteiger partial charge in [0, 0.05) is 6.20 Å². The number of aromatic nitrogens is 1. The second-order valence-corrected chi connectivity index (χ2v) is 3.80. The van der Waals surface area contributed by atoms with Gasteiger partial charge in [-0.3, -0.25) is 4.98 Å². The fraction of sp³-hybridized carbons (Fsp3) is 0.455. The summed E-state index contributed by atoms with van der Waals surface area (Å²) in [7, 11) is 0. The Kier molecular flexibility index (Phi) is 2.69. The minimum Gasteiger partial charge on any atom is -0.258 e. The molecule has 1 aliphatic carbocycles. The third-order valence-corrected chi connectivity index (χ3v) is 2.97. The summed E-state index contributed by atoms with van der Waals surface area (Å²) in [4.78, 5) is 4.23. The number of halogens is 1. The van der Waals surface area contributed by atoms with Crippen LogP contribution < -0.4 is 0 Å². The number of hydrogen-bond acceptors (Lipinski definition) is 2. The first-order valence-electron chi connectivity index (χ1n) is 4.82. The van der Waals surface area contributed by atoms with E-state index >= 15 is 0 Å². The molecule has 0 spiro atoms. The first-order chi connectivity index (χ1) is 6.86. The SMILES string of the molecule is N#Cc1c(CCl)ncc2c1CCCC2. The molecule has 0 saturated carbocycles. The standard InChI is InChI=1S/C11H11ClN2/c12-5-11-10(6-13)9-4-2-1-3-8(9)7-14-11/h7H,1-5H2. The van der Waals surface area contributed by atoms with Crippen molar-refractivity contribution < 1.29 is 0 Å². The van der Waals surface area contributed by atoms with Crippen molar-refractivity contribution in [2.45, 2.75) is 31.6 Å². The lowest BCUT2D eigenvalue weighted by Crippen LogP contribution is -2.08. The molecule has 1 aromatic rings. The number of aryl methyl sites for hydroxylation is 1. The molecule has 0 amide bonds. The molecule has 0 aromatic carbocycles. The second kappa shape index (κ2) is 3.98. The van der Waals surface area contributed by atoms with E-state index in [1.165, 1.54) is 24.0 Å². The molecule has 0 aliphatic heterocycles. The van der Waals surface area contributed by atoms with Gasteiger partial charge in [-0.05, 0) is 36.8 Å². The van der Waals surface area contributed by atoms with E-state index in [9.17, 15) is 0 Å². The maximum Gasteiger partial charge on any atom is 0.101 e. The average Bonchev–Trinajstić information content (AvgIpc) is 2.27. The van der Waals surface area contributed by atoms with Crippen molar-refractivity contribution in [3.63, 3.8) is 0 Å². The molecule has 2 rings (SSSR count). The van der Waals surface area contributed by atoms with Gasteiger partial charge >= 0.3 is 0 Å². The lowest BCUT2D eigenvalue weighted by atomic mass is 9.89. The number of rotatable bonds is 1. The van der Waals surface area contributed by atoms with Gasteiger partial charge in [-0.15, -0.1) is 11.6 Å². The predicted octanol–water partition coefficient (Wildman–Crippen LogP) is 2.57. The van der Waals surface area contributed by atoms with Crippen LogP contribution >= 0.6 is 11.6 Å². The highest BCUT2D eigenvalue weighted by Gasteiger charge is 2.16. The van der Waals surface area contributed by atoms with Gasteiger partial charge in [0.05, 0.1) is 17.1 Å². The molecular formula is C11H11ClN2. The van der Waals surface area contributed by atoms with Gasteiger partial charge in [-0.25, -0.2) is 0 Å². The van der Waals surface area contributed by atoms with E-state index in [1.807, 2.05) is 6.20 Å². The minimum absolute atomic E-state index is 0.330. The molecule has 0 fully saturated rings. The molecule has 0 saturated heterocycles. The molecule has 1 heterocycles. The van der Waals surface area contributed by atoms with E-state index in [4.69, 9.17) is 16.9 Å². The highest BCUT2D eigenvalue weighted by atomic mass is 35.5. The van der Waals surface area contributed by atoms with Crippen LogP contribution in [0.2, 0.25) is 0 Å². The number of nitrogens with zero attached hydrogens (tertiary/aromatic N) is 2. The van der Waals surface area contributed by atoms with Gasteiger partial charge in [0.2, 0.25) is 0 Å². The van der Waals surface area contributed by atoms with Crippen molar-refractivity contribution in [3.05, 3.63) is 28.6 Å². The zero-order valence-corrected chi connectivity index (χ0v) is 8.64. The Balaban J connectivity index is 2.57. The van der Waals surface area contributed by atoms with Crippen molar-refractivity contribution in [1.82, 2.24) is 4.98 Å². The Morgan fingerprint density at radius 3 is 2.93 bits per heavy atom. The van der Waals surface area contributed by atoms with Crippen molar-refractivity contribution in [3.8, 4) is 6.07 Å². The Morgan fingerprint density at radius 2 is 2.21 bits per heavy atom. The van der Waals surface area contributed by atoms with Gasteiger partial charge in [0.1, 0.15) is 6.07 Å². The molecular weight excluding hydrogens is 196 g/mol. The lowest BCUT2D eigenvalue weighted by molar-refractivity contribution is 0.678. The van der Waals surface area contributed by atoms with Gasteiger partial charge in [-0.1, -0.05) is 0 Å². The molecule has 0 atom stereocenters. The molecule has 14 heavy (non-hydrogen) atoms. The quantitative estimate of drug-likeness (QED) is 0.663. The van der Waals surface area contributed by atoms with E-state index in [2.05, 4.69) is 11.1 Å². The number of hydrogen-bond donors (Lipinski definition) is 0. The van der Waals surface area contributed by atoms with Gasteiger partial charge < -0.3 is 0 Å². The summed E-state index contributed by atoms with van der Waals surface area (Å²) in [5.74, 6) is 0.330. The van der Waals surface area contributed by atoms with Gasteiger partial charge in [-0.2, -0.15) is 5.26 Å². The van der Waals surface area contributed by atoms with Crippen LogP contribution in [0.4, 0.5) is 0 Å². The monoisotopic (exact) mass is 206 g/mol. The Morgan fingerprint density at radius 1 is 1.43 bits per heavy atom. The molecule has 1 aliphatic rings. The van der Waals surface area contributed by atoms with E-state index < -0.39 is 0 Å². The largest absolute Gasteiger partial charge is 0.258 e. The molecule has 1 aromatic heterocycles. The molecule has 72 valence electrons. The summed E-state index contributed by atoms with van der Waals surface area (Å²) in [5.41, 5.74) is 3.87. The summed E-state index contributed by atoms with van der Waals surface area (Å²) in [5, 5.41) is 9.06. The van der Waals surface area contributed by atoms with Crippen molar-refractivity contribution >= 4 is 11.6 Å². The third-order valence-electron chi connectivity index (χ3n) is 2.72. The van der Waals surface area contributed by atoms with Crippen LogP contribution in [0.25, 0.3) is 0 Å². The summed E-state index contributed by atoms with van der Waals surface area (Å²) in [6.07, 6.45) is 6.32. The van der Waals surface area contributed by atoms with Gasteiger partial charge in [0.15, 0.2) is 0 Å². The van der Waals surface area contributed by atoms with Crippen LogP contribution in [0.3, 0.4) is 0 Å². The highest BCUT2D eigenvalue weighted by molar-refractivity contribution is 6.17. The second-order valence-electron chi connectivity index (χ2n) is 3.54. The molecule has 3 heteroatoms. The maximum atomic E-state index is 9.06. The van der Waals surface area contributed by atoms with Crippen LogP contribution in [0.5, 0.6) is 0 Å². The van der Waals surface area contributed by atoms with Crippen LogP contribution in [-0.2, 0) is 18.7 Å². The topological polar surface area (TPSA) is 36.7 Å². The normalized spacial score (nSPS) is 14.6. The van der Waals surface area contributed by atoms with Crippen molar-refractivity contribution in [2.24, 2.45) is 0 Å². The third kappa shape index (κ3) is 1.49. The minimum atomic E-state index is 0.330. The van der Waals surface area contributed by atoms with Crippen molar-refractivity contribution in [1.29, 1.82) is 5.26 Å². The predicted molar refractivity (Wildman–Crippen MR) is 55.2 cm³/mol. The first kappa shape index (κ1) is 9.48. The van der Waals surface area contributed by atoms with Crippen LogP contribution in [-0.4, -0.2) is 4.98 Å². The number of nitriles is 1. The fourth-order valence-corrected chi connectivity index (χ4v) is 2.19. The molecule has 0 bridgehead atoms. The zero-order valence-electron chi connectivity index (χ0n) is 7.89. The molecule has 0 unspecified atom stereocenters. The zero-order chi connectivity index (χ0) is 9.97. The summed E-state index contributed by atoms with van der Waals surface area (Å²) in [6, 6.07) is 2.23. The molecule has 0 radical (unpaired) electrons. The smallest absolute Gasteiger partial charge is 0.101 e. The Hall–Kier alpha value is -1.07. The molecule has 0 N–H and O–H groups in total.